The lowest BCUT2D eigenvalue weighted by Crippen LogP contribution is -2.30. The molecule has 3 rings (SSSR count). The van der Waals surface area contributed by atoms with Gasteiger partial charge in [0.2, 0.25) is 0 Å². The molecule has 0 spiro atoms. The van der Waals surface area contributed by atoms with Crippen molar-refractivity contribution in [1.82, 2.24) is 5.43 Å². The molecular formula is C15H18N2O2. The van der Waals surface area contributed by atoms with Gasteiger partial charge in [-0.05, 0) is 30.0 Å². The maximum Gasteiger partial charge on any atom is 0.0950 e. The number of benzene rings is 1. The van der Waals surface area contributed by atoms with Crippen LogP contribution >= 0.6 is 0 Å². The van der Waals surface area contributed by atoms with Gasteiger partial charge in [0.1, 0.15) is 0 Å². The van der Waals surface area contributed by atoms with Crippen molar-refractivity contribution in [3.8, 4) is 0 Å². The van der Waals surface area contributed by atoms with E-state index >= 15 is 0 Å². The molecule has 0 radical (unpaired) electrons. The first kappa shape index (κ1) is 12.4. The van der Waals surface area contributed by atoms with Crippen LogP contribution in [0.5, 0.6) is 0 Å². The molecule has 2 aromatic rings. The minimum absolute atomic E-state index is 0.0370. The summed E-state index contributed by atoms with van der Waals surface area (Å²) in [6, 6.07) is 10.4. The first-order chi connectivity index (χ1) is 9.38. The summed E-state index contributed by atoms with van der Waals surface area (Å²) in [6.45, 7) is 0.768. The number of fused-ring (bicyclic) bond motifs is 1. The van der Waals surface area contributed by atoms with Crippen LogP contribution in [0.25, 0.3) is 0 Å². The lowest BCUT2D eigenvalue weighted by Gasteiger charge is -2.28. The highest BCUT2D eigenvalue weighted by Gasteiger charge is 2.24. The van der Waals surface area contributed by atoms with Gasteiger partial charge < -0.3 is 9.15 Å². The highest BCUT2D eigenvalue weighted by molar-refractivity contribution is 5.31. The molecule has 0 aliphatic carbocycles. The summed E-state index contributed by atoms with van der Waals surface area (Å²) in [5, 5.41) is 0. The molecule has 2 atom stereocenters. The molecular weight excluding hydrogens is 240 g/mol. The second-order valence-electron chi connectivity index (χ2n) is 4.82. The number of ether oxygens (including phenoxy) is 1. The van der Waals surface area contributed by atoms with Crippen molar-refractivity contribution in [1.29, 1.82) is 0 Å². The number of hydrazine groups is 1. The largest absolute Gasteiger partial charge is 0.472 e. The Bertz CT molecular complexity index is 525. The Labute approximate surface area is 112 Å². The second kappa shape index (κ2) is 5.57. The van der Waals surface area contributed by atoms with Crippen molar-refractivity contribution in [3.05, 3.63) is 59.5 Å². The Balaban J connectivity index is 1.80. The molecule has 4 nitrogen and oxygen atoms in total. The zero-order chi connectivity index (χ0) is 13.1. The van der Waals surface area contributed by atoms with E-state index in [1.54, 1.807) is 12.5 Å². The van der Waals surface area contributed by atoms with Gasteiger partial charge in [-0.1, -0.05) is 24.3 Å². The first-order valence-electron chi connectivity index (χ1n) is 6.56. The van der Waals surface area contributed by atoms with Crippen LogP contribution in [-0.4, -0.2) is 6.61 Å². The van der Waals surface area contributed by atoms with Gasteiger partial charge in [0.15, 0.2) is 0 Å². The molecule has 2 heterocycles. The van der Waals surface area contributed by atoms with Crippen molar-refractivity contribution in [2.45, 2.75) is 25.0 Å². The molecule has 1 aromatic heterocycles. The quantitative estimate of drug-likeness (QED) is 0.653. The van der Waals surface area contributed by atoms with Gasteiger partial charge in [-0.25, -0.2) is 0 Å². The van der Waals surface area contributed by atoms with Crippen molar-refractivity contribution >= 4 is 0 Å². The van der Waals surface area contributed by atoms with Crippen LogP contribution < -0.4 is 11.3 Å². The van der Waals surface area contributed by atoms with Gasteiger partial charge in [0, 0.05) is 5.56 Å². The van der Waals surface area contributed by atoms with Crippen molar-refractivity contribution in [2.75, 3.05) is 6.61 Å². The summed E-state index contributed by atoms with van der Waals surface area (Å²) in [7, 11) is 0. The molecule has 1 aliphatic heterocycles. The van der Waals surface area contributed by atoms with Gasteiger partial charge >= 0.3 is 0 Å². The zero-order valence-corrected chi connectivity index (χ0v) is 10.7. The van der Waals surface area contributed by atoms with E-state index < -0.39 is 0 Å². The molecule has 0 saturated heterocycles. The summed E-state index contributed by atoms with van der Waals surface area (Å²) in [5.41, 5.74) is 6.54. The highest BCUT2D eigenvalue weighted by atomic mass is 16.5. The Morgan fingerprint density at radius 3 is 3.00 bits per heavy atom. The van der Waals surface area contributed by atoms with Crippen LogP contribution in [0.15, 0.2) is 47.3 Å². The topological polar surface area (TPSA) is 60.4 Å². The molecule has 19 heavy (non-hydrogen) atoms. The Morgan fingerprint density at radius 2 is 2.21 bits per heavy atom. The fraction of sp³-hybridized carbons (Fsp3) is 0.333. The standard InChI is InChI=1S/C15H18N2O2/c16-17-14(12-5-7-18-10-12)9-15-13-4-2-1-3-11(13)6-8-19-15/h1-5,7,10,14-15,17H,6,8-9,16H2. The molecule has 0 fully saturated rings. The van der Waals surface area contributed by atoms with E-state index in [0.29, 0.717) is 0 Å². The summed E-state index contributed by atoms with van der Waals surface area (Å²) in [6.07, 6.45) is 5.25. The lowest BCUT2D eigenvalue weighted by atomic mass is 9.92. The van der Waals surface area contributed by atoms with Gasteiger partial charge in [-0.15, -0.1) is 0 Å². The Morgan fingerprint density at radius 1 is 1.32 bits per heavy atom. The van der Waals surface area contributed by atoms with Gasteiger partial charge in [-0.2, -0.15) is 0 Å². The monoisotopic (exact) mass is 258 g/mol. The molecule has 1 aromatic carbocycles. The molecule has 4 heteroatoms. The third-order valence-corrected chi connectivity index (χ3v) is 3.69. The van der Waals surface area contributed by atoms with E-state index in [0.717, 1.165) is 25.0 Å². The molecule has 3 N–H and O–H groups in total. The van der Waals surface area contributed by atoms with E-state index in [1.807, 2.05) is 6.07 Å². The second-order valence-corrected chi connectivity index (χ2v) is 4.82. The maximum atomic E-state index is 5.91. The number of furan rings is 1. The minimum Gasteiger partial charge on any atom is -0.472 e. The van der Waals surface area contributed by atoms with E-state index in [9.17, 15) is 0 Å². The average Bonchev–Trinajstić information content (AvgIpc) is 2.99. The van der Waals surface area contributed by atoms with Crippen LogP contribution in [0.3, 0.4) is 0 Å². The number of nitrogens with two attached hydrogens (primary N) is 1. The zero-order valence-electron chi connectivity index (χ0n) is 10.7. The van der Waals surface area contributed by atoms with Crippen molar-refractivity contribution in [3.63, 3.8) is 0 Å². The Kier molecular flexibility index (Phi) is 3.64. The Hall–Kier alpha value is -1.62. The predicted octanol–water partition coefficient (Wildman–Crippen LogP) is 2.49. The molecule has 100 valence electrons. The molecule has 0 bridgehead atoms. The number of hydrogen-bond acceptors (Lipinski definition) is 4. The molecule has 0 amide bonds. The smallest absolute Gasteiger partial charge is 0.0950 e. The summed E-state index contributed by atoms with van der Waals surface area (Å²) >= 11 is 0. The predicted molar refractivity (Wildman–Crippen MR) is 72.2 cm³/mol. The van der Waals surface area contributed by atoms with Crippen molar-refractivity contribution in [2.24, 2.45) is 5.84 Å². The number of nitrogens with one attached hydrogen (secondary N) is 1. The maximum absolute atomic E-state index is 5.91. The fourth-order valence-electron chi connectivity index (χ4n) is 2.66. The van der Waals surface area contributed by atoms with Crippen LogP contribution in [0.2, 0.25) is 0 Å². The normalized spacial score (nSPS) is 19.9. The average molecular weight is 258 g/mol. The van der Waals surface area contributed by atoms with Gasteiger partial charge in [0.05, 0.1) is 31.3 Å². The minimum atomic E-state index is 0.0370. The van der Waals surface area contributed by atoms with Gasteiger partial charge in [-0.3, -0.25) is 11.3 Å². The van der Waals surface area contributed by atoms with Crippen molar-refractivity contribution < 1.29 is 9.15 Å². The highest BCUT2D eigenvalue weighted by Crippen LogP contribution is 2.34. The molecule has 0 saturated carbocycles. The summed E-state index contributed by atoms with van der Waals surface area (Å²) < 4.78 is 11.0. The van der Waals surface area contributed by atoms with Crippen LogP contribution in [0.1, 0.15) is 35.3 Å². The van der Waals surface area contributed by atoms with Crippen LogP contribution in [0, 0.1) is 0 Å². The number of hydrogen-bond donors (Lipinski definition) is 2. The van der Waals surface area contributed by atoms with Gasteiger partial charge in [0.25, 0.3) is 0 Å². The van der Waals surface area contributed by atoms with E-state index in [1.165, 1.54) is 11.1 Å². The van der Waals surface area contributed by atoms with E-state index in [2.05, 4.69) is 29.7 Å². The van der Waals surface area contributed by atoms with E-state index in [-0.39, 0.29) is 12.1 Å². The lowest BCUT2D eigenvalue weighted by molar-refractivity contribution is 0.0292. The van der Waals surface area contributed by atoms with E-state index in [4.69, 9.17) is 15.0 Å². The first-order valence-corrected chi connectivity index (χ1v) is 6.56. The summed E-state index contributed by atoms with van der Waals surface area (Å²) in [4.78, 5) is 0. The SMILES string of the molecule is NNC(CC1OCCc2ccccc21)c1ccoc1. The third kappa shape index (κ3) is 2.56. The number of rotatable bonds is 4. The van der Waals surface area contributed by atoms with Crippen LogP contribution in [0.4, 0.5) is 0 Å². The molecule has 1 aliphatic rings. The summed E-state index contributed by atoms with van der Waals surface area (Å²) in [5.74, 6) is 5.65. The fourth-order valence-corrected chi connectivity index (χ4v) is 2.66. The van der Waals surface area contributed by atoms with Crippen LogP contribution in [-0.2, 0) is 11.2 Å². The third-order valence-electron chi connectivity index (χ3n) is 3.69. The molecule has 2 unspecified atom stereocenters.